The second-order valence-corrected chi connectivity index (χ2v) is 4.72. The van der Waals surface area contributed by atoms with Crippen LogP contribution in [0.15, 0.2) is 24.4 Å². The lowest BCUT2D eigenvalue weighted by atomic mass is 10.2. The van der Waals surface area contributed by atoms with E-state index >= 15 is 0 Å². The Balaban J connectivity index is 2.25. The molecule has 1 aromatic heterocycles. The third kappa shape index (κ3) is 3.13. The van der Waals surface area contributed by atoms with E-state index in [4.69, 9.17) is 0 Å². The zero-order valence-electron chi connectivity index (χ0n) is 12.4. The number of para-hydroxylation sites is 1. The summed E-state index contributed by atoms with van der Waals surface area (Å²) in [7, 11) is 1.87. The molecule has 0 fully saturated rings. The Morgan fingerprint density at radius 3 is 2.52 bits per heavy atom. The molecule has 2 aromatic rings. The summed E-state index contributed by atoms with van der Waals surface area (Å²) in [6.45, 7) is 5.00. The van der Waals surface area contributed by atoms with Gasteiger partial charge in [0, 0.05) is 31.4 Å². The lowest BCUT2D eigenvalue weighted by Crippen LogP contribution is -2.07. The predicted octanol–water partition coefficient (Wildman–Crippen LogP) is 2.68. The Hall–Kier alpha value is -2.57. The van der Waals surface area contributed by atoms with Crippen molar-refractivity contribution in [1.82, 2.24) is 9.78 Å². The van der Waals surface area contributed by atoms with Crippen molar-refractivity contribution in [3.63, 3.8) is 0 Å². The summed E-state index contributed by atoms with van der Waals surface area (Å²) in [5, 5.41) is 21.6. The molecule has 0 unspecified atom stereocenters. The van der Waals surface area contributed by atoms with E-state index in [1.165, 1.54) is 0 Å². The number of anilines is 2. The summed E-state index contributed by atoms with van der Waals surface area (Å²) in [6.07, 6.45) is 1.77. The highest BCUT2D eigenvalue weighted by atomic mass is 16.6. The van der Waals surface area contributed by atoms with Crippen LogP contribution in [0.2, 0.25) is 0 Å². The van der Waals surface area contributed by atoms with Crippen LogP contribution in [0, 0.1) is 17.0 Å². The number of rotatable bonds is 6. The maximum absolute atomic E-state index is 11.3. The van der Waals surface area contributed by atoms with Gasteiger partial charge in [0.05, 0.1) is 11.1 Å². The topological polar surface area (TPSA) is 85.0 Å². The molecule has 0 aliphatic heterocycles. The van der Waals surface area contributed by atoms with Gasteiger partial charge < -0.3 is 10.6 Å². The molecule has 2 N–H and O–H groups in total. The summed E-state index contributed by atoms with van der Waals surface area (Å²) in [6, 6.07) is 5.22. The second-order valence-electron chi connectivity index (χ2n) is 4.72. The summed E-state index contributed by atoms with van der Waals surface area (Å²) >= 11 is 0. The van der Waals surface area contributed by atoms with Crippen molar-refractivity contribution < 1.29 is 4.92 Å². The van der Waals surface area contributed by atoms with Crippen LogP contribution in [0.1, 0.15) is 18.2 Å². The Morgan fingerprint density at radius 2 is 2.00 bits per heavy atom. The molecule has 21 heavy (non-hydrogen) atoms. The van der Waals surface area contributed by atoms with Gasteiger partial charge in [-0.3, -0.25) is 14.8 Å². The number of nitrogens with zero attached hydrogens (tertiary/aromatic N) is 3. The van der Waals surface area contributed by atoms with Crippen LogP contribution in [0.5, 0.6) is 0 Å². The first-order valence-electron chi connectivity index (χ1n) is 6.77. The molecule has 0 amide bonds. The standard InChI is InChI=1S/C14H19N5O2/c1-4-15-12-6-5-7-13(14(12)19(20)21)16-8-11-9-17-18(3)10(11)2/h5-7,9,15-16H,4,8H2,1-3H3. The van der Waals surface area contributed by atoms with Gasteiger partial charge in [-0.25, -0.2) is 0 Å². The largest absolute Gasteiger partial charge is 0.380 e. The van der Waals surface area contributed by atoms with Crippen molar-refractivity contribution in [3.8, 4) is 0 Å². The van der Waals surface area contributed by atoms with Crippen LogP contribution in [0.4, 0.5) is 17.1 Å². The van der Waals surface area contributed by atoms with Gasteiger partial charge >= 0.3 is 5.69 Å². The van der Waals surface area contributed by atoms with Crippen LogP contribution < -0.4 is 10.6 Å². The number of aryl methyl sites for hydroxylation is 1. The minimum absolute atomic E-state index is 0.0703. The quantitative estimate of drug-likeness (QED) is 0.631. The fourth-order valence-electron chi connectivity index (χ4n) is 2.12. The first-order chi connectivity index (χ1) is 10.0. The molecule has 0 aliphatic rings. The molecule has 0 saturated heterocycles. The molecule has 1 heterocycles. The minimum Gasteiger partial charge on any atom is -0.380 e. The molecular formula is C14H19N5O2. The van der Waals surface area contributed by atoms with Gasteiger partial charge in [0.1, 0.15) is 11.4 Å². The predicted molar refractivity (Wildman–Crippen MR) is 82.5 cm³/mol. The van der Waals surface area contributed by atoms with E-state index in [2.05, 4.69) is 15.7 Å². The molecule has 0 radical (unpaired) electrons. The molecule has 7 heteroatoms. The Kier molecular flexibility index (Phi) is 4.42. The molecule has 0 aliphatic carbocycles. The first-order valence-corrected chi connectivity index (χ1v) is 6.77. The smallest absolute Gasteiger partial charge is 0.315 e. The molecule has 0 bridgehead atoms. The molecule has 1 aromatic carbocycles. The van der Waals surface area contributed by atoms with Crippen molar-refractivity contribution in [2.75, 3.05) is 17.2 Å². The monoisotopic (exact) mass is 289 g/mol. The fourth-order valence-corrected chi connectivity index (χ4v) is 2.12. The molecule has 0 saturated carbocycles. The number of nitro benzene ring substituents is 1. The normalized spacial score (nSPS) is 10.4. The minimum atomic E-state index is -0.365. The van der Waals surface area contributed by atoms with Crippen LogP contribution in [-0.4, -0.2) is 21.2 Å². The first kappa shape index (κ1) is 14.8. The Labute approximate surface area is 123 Å². The number of nitro groups is 1. The van der Waals surface area contributed by atoms with E-state index in [1.807, 2.05) is 20.9 Å². The van der Waals surface area contributed by atoms with Crippen molar-refractivity contribution >= 4 is 17.1 Å². The summed E-state index contributed by atoms with van der Waals surface area (Å²) < 4.78 is 1.78. The van der Waals surface area contributed by atoms with Gasteiger partial charge in [0.2, 0.25) is 0 Å². The lowest BCUT2D eigenvalue weighted by Gasteiger charge is -2.10. The average molecular weight is 289 g/mol. The average Bonchev–Trinajstić information content (AvgIpc) is 2.76. The van der Waals surface area contributed by atoms with Crippen LogP contribution in [0.25, 0.3) is 0 Å². The number of nitrogens with one attached hydrogen (secondary N) is 2. The van der Waals surface area contributed by atoms with Gasteiger partial charge in [-0.05, 0) is 26.0 Å². The maximum Gasteiger partial charge on any atom is 0.315 e. The highest BCUT2D eigenvalue weighted by molar-refractivity contribution is 5.76. The fraction of sp³-hybridized carbons (Fsp3) is 0.357. The van der Waals surface area contributed by atoms with E-state index in [9.17, 15) is 10.1 Å². The van der Waals surface area contributed by atoms with E-state index in [-0.39, 0.29) is 10.6 Å². The SMILES string of the molecule is CCNc1cccc(NCc2cnn(C)c2C)c1[N+](=O)[O-]. The third-order valence-corrected chi connectivity index (χ3v) is 3.39. The van der Waals surface area contributed by atoms with Gasteiger partial charge in [-0.2, -0.15) is 5.10 Å². The molecule has 0 spiro atoms. The highest BCUT2D eigenvalue weighted by Crippen LogP contribution is 2.33. The zero-order chi connectivity index (χ0) is 15.4. The third-order valence-electron chi connectivity index (χ3n) is 3.39. The van der Waals surface area contributed by atoms with Crippen LogP contribution in [0.3, 0.4) is 0 Å². The van der Waals surface area contributed by atoms with Crippen LogP contribution in [-0.2, 0) is 13.6 Å². The summed E-state index contributed by atoms with van der Waals surface area (Å²) in [5.41, 5.74) is 3.15. The molecule has 2 rings (SSSR count). The van der Waals surface area contributed by atoms with Gasteiger partial charge in [0.25, 0.3) is 0 Å². The summed E-state index contributed by atoms with van der Waals surface area (Å²) in [4.78, 5) is 10.9. The Bertz CT molecular complexity index is 651. The molecular weight excluding hydrogens is 270 g/mol. The lowest BCUT2D eigenvalue weighted by molar-refractivity contribution is -0.383. The van der Waals surface area contributed by atoms with E-state index in [0.29, 0.717) is 24.5 Å². The van der Waals surface area contributed by atoms with Gasteiger partial charge in [-0.1, -0.05) is 6.07 Å². The number of hydrogen-bond donors (Lipinski definition) is 2. The molecule has 0 atom stereocenters. The van der Waals surface area contributed by atoms with E-state index in [0.717, 1.165) is 11.3 Å². The van der Waals surface area contributed by atoms with Gasteiger partial charge in [0.15, 0.2) is 0 Å². The van der Waals surface area contributed by atoms with Crippen molar-refractivity contribution in [2.24, 2.45) is 7.05 Å². The van der Waals surface area contributed by atoms with E-state index < -0.39 is 0 Å². The number of hydrogen-bond acceptors (Lipinski definition) is 5. The second kappa shape index (κ2) is 6.25. The molecule has 112 valence electrons. The van der Waals surface area contributed by atoms with Crippen molar-refractivity contribution in [3.05, 3.63) is 45.8 Å². The number of aromatic nitrogens is 2. The Morgan fingerprint density at radius 1 is 1.33 bits per heavy atom. The van der Waals surface area contributed by atoms with Crippen molar-refractivity contribution in [1.29, 1.82) is 0 Å². The van der Waals surface area contributed by atoms with Crippen LogP contribution >= 0.6 is 0 Å². The number of benzene rings is 1. The maximum atomic E-state index is 11.3. The highest BCUT2D eigenvalue weighted by Gasteiger charge is 2.19. The molecule has 7 nitrogen and oxygen atoms in total. The van der Waals surface area contributed by atoms with E-state index in [1.54, 1.807) is 29.1 Å². The zero-order valence-corrected chi connectivity index (χ0v) is 12.4. The summed E-state index contributed by atoms with van der Waals surface area (Å²) in [5.74, 6) is 0. The van der Waals surface area contributed by atoms with Crippen molar-refractivity contribution in [2.45, 2.75) is 20.4 Å². The van der Waals surface area contributed by atoms with Gasteiger partial charge in [-0.15, -0.1) is 0 Å².